The number of anilines is 1. The molecule has 0 spiro atoms. The standard InChI is InChI=1S/C13H16F2N2O/c1-17-6-2-3-10(17)8-13(18)16-9-4-5-11(14)12(15)7-9/h4-5,7,10H,2-3,6,8H2,1H3,(H,16,18). The highest BCUT2D eigenvalue weighted by Crippen LogP contribution is 2.19. The van der Waals surface area contributed by atoms with E-state index in [1.54, 1.807) is 0 Å². The van der Waals surface area contributed by atoms with Gasteiger partial charge in [-0.25, -0.2) is 8.78 Å². The third-order valence-corrected chi connectivity index (χ3v) is 3.30. The molecule has 0 aliphatic carbocycles. The molecule has 0 aromatic heterocycles. The maximum absolute atomic E-state index is 13.0. The minimum absolute atomic E-state index is 0.167. The molecular weight excluding hydrogens is 238 g/mol. The first-order valence-electron chi connectivity index (χ1n) is 6.01. The highest BCUT2D eigenvalue weighted by atomic mass is 19.2. The summed E-state index contributed by atoms with van der Waals surface area (Å²) in [7, 11) is 1.99. The number of hydrogen-bond acceptors (Lipinski definition) is 2. The Balaban J connectivity index is 1.92. The third-order valence-electron chi connectivity index (χ3n) is 3.30. The molecule has 1 aromatic rings. The van der Waals surface area contributed by atoms with Crippen LogP contribution in [0.15, 0.2) is 18.2 Å². The highest BCUT2D eigenvalue weighted by Gasteiger charge is 2.23. The smallest absolute Gasteiger partial charge is 0.225 e. The number of amides is 1. The predicted molar refractivity (Wildman–Crippen MR) is 65.3 cm³/mol. The van der Waals surface area contributed by atoms with Crippen LogP contribution in [0.2, 0.25) is 0 Å². The Kier molecular flexibility index (Phi) is 3.91. The second-order valence-electron chi connectivity index (χ2n) is 4.66. The van der Waals surface area contributed by atoms with Gasteiger partial charge in [0.25, 0.3) is 0 Å². The molecule has 3 nitrogen and oxygen atoms in total. The van der Waals surface area contributed by atoms with Gasteiger partial charge in [-0.1, -0.05) is 0 Å². The van der Waals surface area contributed by atoms with Gasteiger partial charge in [0.15, 0.2) is 11.6 Å². The summed E-state index contributed by atoms with van der Waals surface area (Å²) in [6.07, 6.45) is 2.48. The predicted octanol–water partition coefficient (Wildman–Crippen LogP) is 2.39. The third kappa shape index (κ3) is 3.04. The first kappa shape index (κ1) is 13.0. The van der Waals surface area contributed by atoms with E-state index >= 15 is 0 Å². The molecule has 1 saturated heterocycles. The Morgan fingerprint density at radius 2 is 2.22 bits per heavy atom. The lowest BCUT2D eigenvalue weighted by Gasteiger charge is -2.18. The zero-order valence-electron chi connectivity index (χ0n) is 10.2. The number of nitrogens with zero attached hydrogens (tertiary/aromatic N) is 1. The number of rotatable bonds is 3. The number of carbonyl (C=O) groups is 1. The van der Waals surface area contributed by atoms with Crippen LogP contribution in [0.1, 0.15) is 19.3 Å². The molecular formula is C13H16F2N2O. The second kappa shape index (κ2) is 5.44. The molecule has 0 bridgehead atoms. The zero-order chi connectivity index (χ0) is 13.1. The largest absolute Gasteiger partial charge is 0.326 e. The number of likely N-dealkylation sites (tertiary alicyclic amines) is 1. The Morgan fingerprint density at radius 3 is 2.83 bits per heavy atom. The summed E-state index contributed by atoms with van der Waals surface area (Å²) in [5, 5.41) is 2.59. The van der Waals surface area contributed by atoms with Gasteiger partial charge < -0.3 is 10.2 Å². The monoisotopic (exact) mass is 254 g/mol. The number of halogens is 2. The van der Waals surface area contributed by atoms with E-state index in [0.717, 1.165) is 31.5 Å². The summed E-state index contributed by atoms with van der Waals surface area (Å²) >= 11 is 0. The Hall–Kier alpha value is -1.49. The topological polar surface area (TPSA) is 32.3 Å². The molecule has 1 heterocycles. The van der Waals surface area contributed by atoms with Gasteiger partial charge in [0.2, 0.25) is 5.91 Å². The van der Waals surface area contributed by atoms with Gasteiger partial charge in [-0.3, -0.25) is 4.79 Å². The van der Waals surface area contributed by atoms with E-state index in [4.69, 9.17) is 0 Å². The summed E-state index contributed by atoms with van der Waals surface area (Å²) in [5.41, 5.74) is 0.291. The Labute approximate surface area is 105 Å². The van der Waals surface area contributed by atoms with Crippen molar-refractivity contribution in [3.8, 4) is 0 Å². The van der Waals surface area contributed by atoms with Crippen LogP contribution >= 0.6 is 0 Å². The number of hydrogen-bond donors (Lipinski definition) is 1. The molecule has 1 fully saturated rings. The van der Waals surface area contributed by atoms with Gasteiger partial charge in [0.1, 0.15) is 0 Å². The molecule has 0 radical (unpaired) electrons. The van der Waals surface area contributed by atoms with E-state index in [9.17, 15) is 13.6 Å². The summed E-state index contributed by atoms with van der Waals surface area (Å²) in [4.78, 5) is 13.9. The lowest BCUT2D eigenvalue weighted by atomic mass is 10.1. The van der Waals surface area contributed by atoms with E-state index < -0.39 is 11.6 Å². The Bertz CT molecular complexity index is 451. The van der Waals surface area contributed by atoms with Crippen LogP contribution in [-0.4, -0.2) is 30.4 Å². The molecule has 18 heavy (non-hydrogen) atoms. The van der Waals surface area contributed by atoms with E-state index in [-0.39, 0.29) is 11.9 Å². The van der Waals surface area contributed by atoms with Crippen LogP contribution in [0.3, 0.4) is 0 Å². The van der Waals surface area contributed by atoms with Gasteiger partial charge in [-0.2, -0.15) is 0 Å². The van der Waals surface area contributed by atoms with Crippen LogP contribution in [0, 0.1) is 11.6 Å². The van der Waals surface area contributed by atoms with Crippen LogP contribution in [0.25, 0.3) is 0 Å². The van der Waals surface area contributed by atoms with E-state index in [2.05, 4.69) is 10.2 Å². The zero-order valence-corrected chi connectivity index (χ0v) is 10.2. The van der Waals surface area contributed by atoms with Crippen LogP contribution in [-0.2, 0) is 4.79 Å². The number of nitrogens with one attached hydrogen (secondary N) is 1. The van der Waals surface area contributed by atoms with Gasteiger partial charge in [-0.15, -0.1) is 0 Å². The summed E-state index contributed by atoms with van der Waals surface area (Å²) < 4.78 is 25.7. The number of benzene rings is 1. The quantitative estimate of drug-likeness (QED) is 0.898. The summed E-state index contributed by atoms with van der Waals surface area (Å²) in [6.45, 7) is 1.00. The van der Waals surface area contributed by atoms with Crippen molar-refractivity contribution in [2.45, 2.75) is 25.3 Å². The minimum atomic E-state index is -0.953. The SMILES string of the molecule is CN1CCCC1CC(=O)Nc1ccc(F)c(F)c1. The molecule has 1 aromatic carbocycles. The van der Waals surface area contributed by atoms with Crippen molar-refractivity contribution >= 4 is 11.6 Å². The molecule has 1 unspecified atom stereocenters. The van der Waals surface area contributed by atoms with Crippen LogP contribution < -0.4 is 5.32 Å². The summed E-state index contributed by atoms with van der Waals surface area (Å²) in [6, 6.07) is 3.60. The highest BCUT2D eigenvalue weighted by molar-refractivity contribution is 5.91. The molecule has 98 valence electrons. The van der Waals surface area contributed by atoms with Crippen molar-refractivity contribution in [3.63, 3.8) is 0 Å². The number of carbonyl (C=O) groups excluding carboxylic acids is 1. The van der Waals surface area contributed by atoms with E-state index in [1.807, 2.05) is 7.05 Å². The molecule has 1 N–H and O–H groups in total. The van der Waals surface area contributed by atoms with Gasteiger partial charge in [0, 0.05) is 24.2 Å². The van der Waals surface area contributed by atoms with Crippen molar-refractivity contribution in [1.82, 2.24) is 4.90 Å². The van der Waals surface area contributed by atoms with Crippen LogP contribution in [0.5, 0.6) is 0 Å². The molecule has 0 saturated carbocycles. The minimum Gasteiger partial charge on any atom is -0.326 e. The first-order chi connectivity index (χ1) is 8.56. The molecule has 1 atom stereocenters. The second-order valence-corrected chi connectivity index (χ2v) is 4.66. The molecule has 1 aliphatic heterocycles. The van der Waals surface area contributed by atoms with Crippen molar-refractivity contribution < 1.29 is 13.6 Å². The first-order valence-corrected chi connectivity index (χ1v) is 6.01. The average Bonchev–Trinajstić information content (AvgIpc) is 2.70. The fourth-order valence-electron chi connectivity index (χ4n) is 2.24. The fourth-order valence-corrected chi connectivity index (χ4v) is 2.24. The van der Waals surface area contributed by atoms with Gasteiger partial charge in [-0.05, 0) is 38.6 Å². The van der Waals surface area contributed by atoms with Crippen molar-refractivity contribution in [2.24, 2.45) is 0 Å². The van der Waals surface area contributed by atoms with Crippen molar-refractivity contribution in [1.29, 1.82) is 0 Å². The van der Waals surface area contributed by atoms with Crippen molar-refractivity contribution in [2.75, 3.05) is 18.9 Å². The maximum Gasteiger partial charge on any atom is 0.225 e. The molecule has 2 rings (SSSR count). The Morgan fingerprint density at radius 1 is 1.44 bits per heavy atom. The average molecular weight is 254 g/mol. The lowest BCUT2D eigenvalue weighted by Crippen LogP contribution is -2.29. The van der Waals surface area contributed by atoms with Crippen molar-refractivity contribution in [3.05, 3.63) is 29.8 Å². The van der Waals surface area contributed by atoms with E-state index in [0.29, 0.717) is 12.1 Å². The normalized spacial score (nSPS) is 20.1. The molecule has 5 heteroatoms. The maximum atomic E-state index is 13.0. The van der Waals surface area contributed by atoms with E-state index in [1.165, 1.54) is 6.07 Å². The fraction of sp³-hybridized carbons (Fsp3) is 0.462. The lowest BCUT2D eigenvalue weighted by molar-refractivity contribution is -0.117. The van der Waals surface area contributed by atoms with Gasteiger partial charge >= 0.3 is 0 Å². The van der Waals surface area contributed by atoms with Gasteiger partial charge in [0.05, 0.1) is 0 Å². The molecule has 1 amide bonds. The molecule has 1 aliphatic rings. The summed E-state index contributed by atoms with van der Waals surface area (Å²) in [5.74, 6) is -2.03. The van der Waals surface area contributed by atoms with Crippen LogP contribution in [0.4, 0.5) is 14.5 Å².